The number of hydrogen-bond donors (Lipinski definition) is 2. The average molecular weight is 333 g/mol. The summed E-state index contributed by atoms with van der Waals surface area (Å²) in [5.41, 5.74) is 1.71. The van der Waals surface area contributed by atoms with Gasteiger partial charge in [-0.2, -0.15) is 0 Å². The number of rotatable bonds is 5. The van der Waals surface area contributed by atoms with Crippen molar-refractivity contribution in [3.8, 4) is 0 Å². The molecule has 5 nitrogen and oxygen atoms in total. The monoisotopic (exact) mass is 333 g/mol. The van der Waals surface area contributed by atoms with E-state index in [0.717, 1.165) is 24.3 Å². The normalized spacial score (nSPS) is 18.1. The summed E-state index contributed by atoms with van der Waals surface area (Å²) < 4.78 is 5.42. The Morgan fingerprint density at radius 1 is 1.33 bits per heavy atom. The third-order valence-corrected chi connectivity index (χ3v) is 4.08. The number of carbonyl (C=O) groups excluding carboxylic acids is 1. The molecule has 1 aliphatic heterocycles. The highest BCUT2D eigenvalue weighted by Gasteiger charge is 2.20. The largest absolute Gasteiger partial charge is 0.444 e. The van der Waals surface area contributed by atoms with Crippen molar-refractivity contribution in [3.63, 3.8) is 0 Å². The Hall–Kier alpha value is -1.75. The summed E-state index contributed by atoms with van der Waals surface area (Å²) in [4.78, 5) is 13.8. The first-order valence-corrected chi connectivity index (χ1v) is 8.84. The second-order valence-corrected chi connectivity index (χ2v) is 7.52. The van der Waals surface area contributed by atoms with Crippen LogP contribution in [0.1, 0.15) is 45.6 Å². The molecule has 1 fully saturated rings. The van der Waals surface area contributed by atoms with Crippen molar-refractivity contribution in [2.24, 2.45) is 0 Å². The molecule has 1 heterocycles. The molecule has 5 heteroatoms. The third-order valence-electron chi connectivity index (χ3n) is 4.08. The predicted octanol–water partition coefficient (Wildman–Crippen LogP) is 3.61. The number of hydrogen-bond acceptors (Lipinski definition) is 4. The number of anilines is 1. The van der Waals surface area contributed by atoms with Crippen LogP contribution in [-0.4, -0.2) is 42.8 Å². The Morgan fingerprint density at radius 2 is 2.08 bits per heavy atom. The topological polar surface area (TPSA) is 53.6 Å². The van der Waals surface area contributed by atoms with Crippen LogP contribution in [0, 0.1) is 0 Å². The molecule has 2 N–H and O–H groups in total. The van der Waals surface area contributed by atoms with Crippen molar-refractivity contribution in [3.05, 3.63) is 29.8 Å². The Balaban J connectivity index is 1.93. The summed E-state index contributed by atoms with van der Waals surface area (Å²) >= 11 is 0. The fourth-order valence-electron chi connectivity index (χ4n) is 2.82. The van der Waals surface area contributed by atoms with Crippen LogP contribution >= 0.6 is 0 Å². The molecule has 1 aromatic carbocycles. The number of ether oxygens (including phenoxy) is 1. The molecule has 0 saturated carbocycles. The minimum Gasteiger partial charge on any atom is -0.444 e. The van der Waals surface area contributed by atoms with Gasteiger partial charge in [0.2, 0.25) is 0 Å². The summed E-state index contributed by atoms with van der Waals surface area (Å²) in [6.07, 6.45) is 3.48. The van der Waals surface area contributed by atoms with E-state index >= 15 is 0 Å². The molecule has 1 amide bonds. The number of piperidine rings is 1. The average Bonchev–Trinajstić information content (AvgIpc) is 2.53. The lowest BCUT2D eigenvalue weighted by Crippen LogP contribution is -2.39. The van der Waals surface area contributed by atoms with Gasteiger partial charge >= 0.3 is 6.09 Å². The fraction of sp³-hybridized carbons (Fsp3) is 0.632. The summed E-state index contributed by atoms with van der Waals surface area (Å²) in [7, 11) is 1.77. The first kappa shape index (κ1) is 18.6. The van der Waals surface area contributed by atoms with E-state index in [4.69, 9.17) is 4.74 Å². The highest BCUT2D eigenvalue weighted by atomic mass is 16.6. The van der Waals surface area contributed by atoms with Crippen molar-refractivity contribution in [2.45, 2.75) is 58.2 Å². The smallest absolute Gasteiger partial charge is 0.410 e. The molecule has 0 spiro atoms. The van der Waals surface area contributed by atoms with Crippen molar-refractivity contribution < 1.29 is 9.53 Å². The van der Waals surface area contributed by atoms with E-state index < -0.39 is 5.60 Å². The number of para-hydroxylation sites is 1. The summed E-state index contributed by atoms with van der Waals surface area (Å²) in [6.45, 7) is 8.18. The van der Waals surface area contributed by atoms with Crippen LogP contribution in [0.15, 0.2) is 24.3 Å². The molecule has 1 aliphatic rings. The first-order valence-electron chi connectivity index (χ1n) is 8.84. The zero-order valence-corrected chi connectivity index (χ0v) is 15.4. The van der Waals surface area contributed by atoms with E-state index in [1.54, 1.807) is 11.9 Å². The zero-order valence-electron chi connectivity index (χ0n) is 15.4. The van der Waals surface area contributed by atoms with Crippen LogP contribution in [0.5, 0.6) is 0 Å². The lowest BCUT2D eigenvalue weighted by Gasteiger charge is -2.26. The number of benzene rings is 1. The van der Waals surface area contributed by atoms with Gasteiger partial charge in [-0.15, -0.1) is 0 Å². The van der Waals surface area contributed by atoms with Gasteiger partial charge in [-0.05, 0) is 51.8 Å². The maximum absolute atomic E-state index is 12.2. The second-order valence-electron chi connectivity index (χ2n) is 7.52. The fourth-order valence-corrected chi connectivity index (χ4v) is 2.82. The van der Waals surface area contributed by atoms with Crippen molar-refractivity contribution in [1.29, 1.82) is 0 Å². The maximum Gasteiger partial charge on any atom is 0.410 e. The molecule has 24 heavy (non-hydrogen) atoms. The molecule has 0 radical (unpaired) electrons. The quantitative estimate of drug-likeness (QED) is 0.864. The van der Waals surface area contributed by atoms with E-state index in [9.17, 15) is 4.79 Å². The first-order chi connectivity index (χ1) is 11.3. The Labute approximate surface area is 145 Å². The van der Waals surface area contributed by atoms with E-state index in [1.165, 1.54) is 19.3 Å². The Bertz CT molecular complexity index is 534. The molecular weight excluding hydrogens is 302 g/mol. The number of nitrogens with one attached hydrogen (secondary N) is 2. The van der Waals surface area contributed by atoms with Crippen LogP contribution in [0.3, 0.4) is 0 Å². The second kappa shape index (κ2) is 8.38. The molecule has 0 aliphatic carbocycles. The summed E-state index contributed by atoms with van der Waals surface area (Å²) in [6, 6.07) is 8.67. The van der Waals surface area contributed by atoms with E-state index in [0.29, 0.717) is 12.6 Å². The van der Waals surface area contributed by atoms with E-state index in [-0.39, 0.29) is 6.09 Å². The van der Waals surface area contributed by atoms with Crippen molar-refractivity contribution in [1.82, 2.24) is 10.2 Å². The van der Waals surface area contributed by atoms with Gasteiger partial charge in [-0.1, -0.05) is 24.6 Å². The minimum atomic E-state index is -0.476. The van der Waals surface area contributed by atoms with Crippen LogP contribution in [0.25, 0.3) is 0 Å². The molecule has 1 unspecified atom stereocenters. The van der Waals surface area contributed by atoms with Crippen LogP contribution in [0.2, 0.25) is 0 Å². The van der Waals surface area contributed by atoms with Gasteiger partial charge in [0.25, 0.3) is 0 Å². The number of nitrogens with zero attached hydrogens (tertiary/aromatic N) is 1. The number of amides is 1. The van der Waals surface area contributed by atoms with Gasteiger partial charge in [-0.3, -0.25) is 0 Å². The van der Waals surface area contributed by atoms with Gasteiger partial charge in [0, 0.05) is 25.3 Å². The molecule has 0 aromatic heterocycles. The standard InChI is InChI=1S/C19H31N3O2/c1-19(2,3)24-18(23)22(4)14-15-9-5-6-11-17(15)21-13-16-10-7-8-12-20-16/h5-6,9,11,16,20-21H,7-8,10,12-14H2,1-4H3. The van der Waals surface area contributed by atoms with Crippen molar-refractivity contribution in [2.75, 3.05) is 25.5 Å². The van der Waals surface area contributed by atoms with Gasteiger partial charge in [-0.25, -0.2) is 4.79 Å². The van der Waals surface area contributed by atoms with E-state index in [1.807, 2.05) is 32.9 Å². The molecule has 1 saturated heterocycles. The van der Waals surface area contributed by atoms with Gasteiger partial charge < -0.3 is 20.3 Å². The maximum atomic E-state index is 12.2. The summed E-state index contributed by atoms with van der Waals surface area (Å²) in [5.74, 6) is 0. The highest BCUT2D eigenvalue weighted by Crippen LogP contribution is 2.19. The third kappa shape index (κ3) is 6.04. The Morgan fingerprint density at radius 3 is 2.75 bits per heavy atom. The van der Waals surface area contributed by atoms with Crippen LogP contribution in [-0.2, 0) is 11.3 Å². The highest BCUT2D eigenvalue weighted by molar-refractivity contribution is 5.68. The minimum absolute atomic E-state index is 0.300. The van der Waals surface area contributed by atoms with Gasteiger partial charge in [0.05, 0.1) is 6.54 Å². The molecule has 1 atom stereocenters. The zero-order chi connectivity index (χ0) is 17.6. The SMILES string of the molecule is CN(Cc1ccccc1NCC1CCCCN1)C(=O)OC(C)(C)C. The lowest BCUT2D eigenvalue weighted by atomic mass is 10.0. The molecule has 0 bridgehead atoms. The predicted molar refractivity (Wildman–Crippen MR) is 98.3 cm³/mol. The molecule has 134 valence electrons. The van der Waals surface area contributed by atoms with Crippen LogP contribution in [0.4, 0.5) is 10.5 Å². The lowest BCUT2D eigenvalue weighted by molar-refractivity contribution is 0.0285. The molecule has 1 aromatic rings. The van der Waals surface area contributed by atoms with Gasteiger partial charge in [0.1, 0.15) is 5.60 Å². The summed E-state index contributed by atoms with van der Waals surface area (Å²) in [5, 5.41) is 7.08. The van der Waals surface area contributed by atoms with Crippen LogP contribution < -0.4 is 10.6 Å². The van der Waals surface area contributed by atoms with E-state index in [2.05, 4.69) is 22.8 Å². The number of carbonyl (C=O) groups is 1. The molecular formula is C19H31N3O2. The van der Waals surface area contributed by atoms with Gasteiger partial charge in [0.15, 0.2) is 0 Å². The van der Waals surface area contributed by atoms with Crippen molar-refractivity contribution >= 4 is 11.8 Å². The Kier molecular flexibility index (Phi) is 6.49. The molecule has 2 rings (SSSR count).